The van der Waals surface area contributed by atoms with Gasteiger partial charge in [-0.1, -0.05) is 30.3 Å². The van der Waals surface area contributed by atoms with Crippen LogP contribution in [0.1, 0.15) is 36.8 Å². The van der Waals surface area contributed by atoms with Gasteiger partial charge in [0.1, 0.15) is 5.78 Å². The molecule has 0 radical (unpaired) electrons. The van der Waals surface area contributed by atoms with Crippen molar-refractivity contribution in [3.05, 3.63) is 48.0 Å². The normalized spacial score (nSPS) is 16.2. The van der Waals surface area contributed by atoms with Gasteiger partial charge in [-0.05, 0) is 24.0 Å². The number of aliphatic hydroxyl groups excluding tert-OH is 2. The Balaban J connectivity index is 0.000000648. The highest BCUT2D eigenvalue weighted by atomic mass is 16.5. The number of rotatable bonds is 7. The third-order valence-electron chi connectivity index (χ3n) is 4.06. The van der Waals surface area contributed by atoms with Crippen molar-refractivity contribution in [2.45, 2.75) is 37.9 Å². The summed E-state index contributed by atoms with van der Waals surface area (Å²) in [6.45, 7) is 4.51. The van der Waals surface area contributed by atoms with Gasteiger partial charge < -0.3 is 19.7 Å². The third kappa shape index (κ3) is 6.17. The maximum Gasteiger partial charge on any atom is 0.133 e. The number of carbonyl (C=O) groups excluding carboxylic acids is 1. The van der Waals surface area contributed by atoms with Crippen LogP contribution in [0, 0.1) is 0 Å². The van der Waals surface area contributed by atoms with Crippen LogP contribution >= 0.6 is 0 Å². The van der Waals surface area contributed by atoms with Crippen LogP contribution in [-0.4, -0.2) is 42.9 Å². The molecule has 5 nitrogen and oxygen atoms in total. The molecule has 0 saturated heterocycles. The SMILES string of the molecule is C=CCOCc1cccc(C2(OC)CCC(=O)CC2)c1.OCCO. The zero-order chi connectivity index (χ0) is 17.8. The van der Waals surface area contributed by atoms with E-state index in [1.54, 1.807) is 13.2 Å². The Morgan fingerprint density at radius 3 is 2.46 bits per heavy atom. The van der Waals surface area contributed by atoms with E-state index in [0.717, 1.165) is 24.0 Å². The Morgan fingerprint density at radius 2 is 1.92 bits per heavy atom. The zero-order valence-corrected chi connectivity index (χ0v) is 14.4. The third-order valence-corrected chi connectivity index (χ3v) is 4.06. The van der Waals surface area contributed by atoms with Crippen LogP contribution in [0.25, 0.3) is 0 Å². The van der Waals surface area contributed by atoms with Gasteiger partial charge in [0.05, 0.1) is 32.0 Å². The van der Waals surface area contributed by atoms with Gasteiger partial charge in [0.15, 0.2) is 0 Å². The minimum atomic E-state index is -0.317. The number of hydrogen-bond acceptors (Lipinski definition) is 5. The highest BCUT2D eigenvalue weighted by Gasteiger charge is 2.36. The van der Waals surface area contributed by atoms with Crippen molar-refractivity contribution in [2.75, 3.05) is 26.9 Å². The second-order valence-corrected chi connectivity index (χ2v) is 5.69. The Hall–Kier alpha value is -1.53. The quantitative estimate of drug-likeness (QED) is 0.590. The average molecular weight is 336 g/mol. The number of methoxy groups -OCH3 is 1. The molecule has 0 aliphatic heterocycles. The number of carbonyl (C=O) groups is 1. The van der Waals surface area contributed by atoms with Gasteiger partial charge in [-0.3, -0.25) is 4.79 Å². The molecule has 24 heavy (non-hydrogen) atoms. The Bertz CT molecular complexity index is 500. The van der Waals surface area contributed by atoms with Gasteiger partial charge in [-0.2, -0.15) is 0 Å². The summed E-state index contributed by atoms with van der Waals surface area (Å²) in [5, 5.41) is 15.2. The van der Waals surface area contributed by atoms with E-state index in [4.69, 9.17) is 19.7 Å². The predicted molar refractivity (Wildman–Crippen MR) is 92.6 cm³/mol. The highest BCUT2D eigenvalue weighted by Crippen LogP contribution is 2.39. The molecule has 0 spiro atoms. The summed E-state index contributed by atoms with van der Waals surface area (Å²) >= 11 is 0. The lowest BCUT2D eigenvalue weighted by molar-refractivity contribution is -0.127. The fourth-order valence-electron chi connectivity index (χ4n) is 2.75. The fourth-order valence-corrected chi connectivity index (χ4v) is 2.75. The van der Waals surface area contributed by atoms with E-state index in [0.29, 0.717) is 31.8 Å². The monoisotopic (exact) mass is 336 g/mol. The number of hydrogen-bond donors (Lipinski definition) is 2. The lowest BCUT2D eigenvalue weighted by Crippen LogP contribution is -2.33. The van der Waals surface area contributed by atoms with E-state index in [-0.39, 0.29) is 18.8 Å². The van der Waals surface area contributed by atoms with E-state index in [1.165, 1.54) is 0 Å². The Kier molecular flexibility index (Phi) is 9.49. The molecular weight excluding hydrogens is 308 g/mol. The lowest BCUT2D eigenvalue weighted by Gasteiger charge is -2.36. The van der Waals surface area contributed by atoms with Gasteiger partial charge in [0, 0.05) is 20.0 Å². The lowest BCUT2D eigenvalue weighted by atomic mass is 9.78. The summed E-state index contributed by atoms with van der Waals surface area (Å²) in [5.41, 5.74) is 1.95. The molecule has 2 rings (SSSR count). The number of ketones is 1. The largest absolute Gasteiger partial charge is 0.394 e. The standard InChI is InChI=1S/C17H22O3.C2H6O2/c1-3-11-20-13-14-5-4-6-15(12-14)17(19-2)9-7-16(18)8-10-17;3-1-2-4/h3-6,12H,1,7-11,13H2,2H3;3-4H,1-2H2. The predicted octanol–water partition coefficient (Wildman–Crippen LogP) is 2.35. The van der Waals surface area contributed by atoms with Crippen LogP contribution in [0.5, 0.6) is 0 Å². The van der Waals surface area contributed by atoms with Crippen molar-refractivity contribution in [2.24, 2.45) is 0 Å². The van der Waals surface area contributed by atoms with Crippen LogP contribution in [0.3, 0.4) is 0 Å². The molecule has 1 fully saturated rings. The second-order valence-electron chi connectivity index (χ2n) is 5.69. The van der Waals surface area contributed by atoms with Crippen LogP contribution in [0.2, 0.25) is 0 Å². The van der Waals surface area contributed by atoms with E-state index < -0.39 is 0 Å². The van der Waals surface area contributed by atoms with Gasteiger partial charge in [-0.15, -0.1) is 6.58 Å². The number of Topliss-reactive ketones (excluding diaryl/α,β-unsaturated/α-hetero) is 1. The molecule has 1 aromatic rings. The number of aliphatic hydroxyl groups is 2. The van der Waals surface area contributed by atoms with Crippen LogP contribution in [-0.2, 0) is 26.5 Å². The fraction of sp³-hybridized carbons (Fsp3) is 0.526. The molecule has 1 aliphatic carbocycles. The molecule has 1 aromatic carbocycles. The van der Waals surface area contributed by atoms with Crippen molar-refractivity contribution in [3.8, 4) is 0 Å². The van der Waals surface area contributed by atoms with Gasteiger partial charge in [-0.25, -0.2) is 0 Å². The van der Waals surface area contributed by atoms with Crippen LogP contribution in [0.15, 0.2) is 36.9 Å². The van der Waals surface area contributed by atoms with Crippen molar-refractivity contribution in [1.29, 1.82) is 0 Å². The summed E-state index contributed by atoms with van der Waals surface area (Å²) in [4.78, 5) is 11.5. The summed E-state index contributed by atoms with van der Waals surface area (Å²) < 4.78 is 11.3. The van der Waals surface area contributed by atoms with Crippen LogP contribution < -0.4 is 0 Å². The zero-order valence-electron chi connectivity index (χ0n) is 14.4. The smallest absolute Gasteiger partial charge is 0.133 e. The van der Waals surface area contributed by atoms with E-state index in [2.05, 4.69) is 18.7 Å². The molecule has 0 unspecified atom stereocenters. The Labute approximate surface area is 143 Å². The molecule has 5 heteroatoms. The first-order chi connectivity index (χ1) is 11.6. The maximum atomic E-state index is 11.5. The topological polar surface area (TPSA) is 76.0 Å². The van der Waals surface area contributed by atoms with Crippen molar-refractivity contribution in [3.63, 3.8) is 0 Å². The van der Waals surface area contributed by atoms with Gasteiger partial charge >= 0.3 is 0 Å². The molecule has 1 aliphatic rings. The van der Waals surface area contributed by atoms with Crippen molar-refractivity contribution < 1.29 is 24.5 Å². The average Bonchev–Trinajstić information content (AvgIpc) is 2.63. The van der Waals surface area contributed by atoms with Gasteiger partial charge in [0.25, 0.3) is 0 Å². The first-order valence-corrected chi connectivity index (χ1v) is 8.18. The summed E-state index contributed by atoms with van der Waals surface area (Å²) in [5.74, 6) is 0.336. The first-order valence-electron chi connectivity index (χ1n) is 8.18. The summed E-state index contributed by atoms with van der Waals surface area (Å²) in [6.07, 6.45) is 4.47. The minimum Gasteiger partial charge on any atom is -0.394 e. The van der Waals surface area contributed by atoms with Crippen molar-refractivity contribution in [1.82, 2.24) is 0 Å². The summed E-state index contributed by atoms with van der Waals surface area (Å²) in [6, 6.07) is 8.28. The van der Waals surface area contributed by atoms with Crippen LogP contribution in [0.4, 0.5) is 0 Å². The molecule has 2 N–H and O–H groups in total. The first kappa shape index (κ1) is 20.5. The summed E-state index contributed by atoms with van der Waals surface area (Å²) in [7, 11) is 1.73. The molecular formula is C19H28O5. The second kappa shape index (κ2) is 11.1. The molecule has 0 atom stereocenters. The molecule has 0 bridgehead atoms. The van der Waals surface area contributed by atoms with E-state index >= 15 is 0 Å². The molecule has 0 aromatic heterocycles. The molecule has 0 heterocycles. The molecule has 0 amide bonds. The minimum absolute atomic E-state index is 0.125. The molecule has 1 saturated carbocycles. The molecule has 134 valence electrons. The van der Waals surface area contributed by atoms with E-state index in [9.17, 15) is 4.79 Å². The van der Waals surface area contributed by atoms with Gasteiger partial charge in [0.2, 0.25) is 0 Å². The van der Waals surface area contributed by atoms with E-state index in [1.807, 2.05) is 12.1 Å². The maximum absolute atomic E-state index is 11.5. The Morgan fingerprint density at radius 1 is 1.25 bits per heavy atom. The van der Waals surface area contributed by atoms with Crippen molar-refractivity contribution >= 4 is 5.78 Å². The number of ether oxygens (including phenoxy) is 2. The number of benzene rings is 1. The highest BCUT2D eigenvalue weighted by molar-refractivity contribution is 5.79.